The first-order valence-electron chi connectivity index (χ1n) is 6.15. The topological polar surface area (TPSA) is 50.2 Å². The highest BCUT2D eigenvalue weighted by Gasteiger charge is 2.12. The maximum atomic E-state index is 6.09. The summed E-state index contributed by atoms with van der Waals surface area (Å²) in [6.45, 7) is 1.77. The van der Waals surface area contributed by atoms with Crippen LogP contribution in [0.4, 0.5) is 0 Å². The van der Waals surface area contributed by atoms with E-state index in [-0.39, 0.29) is 0 Å². The maximum Gasteiger partial charge on any atom is 0.101 e. The lowest BCUT2D eigenvalue weighted by atomic mass is 10.0. The lowest BCUT2D eigenvalue weighted by Crippen LogP contribution is -2.20. The van der Waals surface area contributed by atoms with Crippen LogP contribution in [0.1, 0.15) is 5.56 Å². The third-order valence-electron chi connectivity index (χ3n) is 3.01. The van der Waals surface area contributed by atoms with Gasteiger partial charge in [0.2, 0.25) is 0 Å². The Morgan fingerprint density at radius 3 is 2.95 bits per heavy atom. The number of aliphatic imine (C=N–C) groups is 1. The molecule has 0 saturated carbocycles. The molecule has 1 aromatic carbocycles. The highest BCUT2D eigenvalue weighted by atomic mass is 35.5. The van der Waals surface area contributed by atoms with E-state index >= 15 is 0 Å². The van der Waals surface area contributed by atoms with Gasteiger partial charge in [0.1, 0.15) is 5.84 Å². The second-order valence-electron chi connectivity index (χ2n) is 4.32. The van der Waals surface area contributed by atoms with E-state index in [4.69, 9.17) is 11.6 Å². The SMILES string of the molecule is Clc1ccc(CC2=NCCN2)c(-c2cnccn2)c1. The van der Waals surface area contributed by atoms with Crippen LogP contribution in [0.25, 0.3) is 11.3 Å². The number of nitrogens with zero attached hydrogens (tertiary/aromatic N) is 3. The molecule has 0 radical (unpaired) electrons. The highest BCUT2D eigenvalue weighted by molar-refractivity contribution is 6.30. The van der Waals surface area contributed by atoms with Crippen LogP contribution in [0.15, 0.2) is 41.8 Å². The highest BCUT2D eigenvalue weighted by Crippen LogP contribution is 2.25. The Balaban J connectivity index is 1.99. The molecule has 0 fully saturated rings. The minimum Gasteiger partial charge on any atom is -0.372 e. The summed E-state index contributed by atoms with van der Waals surface area (Å²) in [6.07, 6.45) is 5.86. The summed E-state index contributed by atoms with van der Waals surface area (Å²) < 4.78 is 0. The lowest BCUT2D eigenvalue weighted by molar-refractivity contribution is 0.953. The first-order chi connectivity index (χ1) is 9.33. The third-order valence-corrected chi connectivity index (χ3v) is 3.25. The number of benzene rings is 1. The standard InChI is InChI=1S/C14H13ClN4/c15-11-2-1-10(7-14-18-5-6-19-14)12(8-11)13-9-16-3-4-17-13/h1-4,8-9H,5-7H2,(H,18,19). The van der Waals surface area contributed by atoms with E-state index in [0.29, 0.717) is 5.02 Å². The molecule has 2 heterocycles. The summed E-state index contributed by atoms with van der Waals surface area (Å²) in [7, 11) is 0. The van der Waals surface area contributed by atoms with Crippen molar-refractivity contribution in [1.82, 2.24) is 15.3 Å². The first kappa shape index (κ1) is 12.1. The number of aromatic nitrogens is 2. The van der Waals surface area contributed by atoms with Crippen molar-refractivity contribution in [3.63, 3.8) is 0 Å². The summed E-state index contributed by atoms with van der Waals surface area (Å²) in [5, 5.41) is 3.98. The molecule has 1 N–H and O–H groups in total. The summed E-state index contributed by atoms with van der Waals surface area (Å²) in [4.78, 5) is 12.9. The van der Waals surface area contributed by atoms with E-state index < -0.39 is 0 Å². The van der Waals surface area contributed by atoms with Crippen LogP contribution >= 0.6 is 11.6 Å². The van der Waals surface area contributed by atoms with Crippen LogP contribution in [0.2, 0.25) is 5.02 Å². The Hall–Kier alpha value is -1.94. The zero-order valence-electron chi connectivity index (χ0n) is 10.3. The summed E-state index contributed by atoms with van der Waals surface area (Å²) in [5.74, 6) is 1.02. The quantitative estimate of drug-likeness (QED) is 0.933. The van der Waals surface area contributed by atoms with Gasteiger partial charge in [0.15, 0.2) is 0 Å². The molecule has 3 rings (SSSR count). The second-order valence-corrected chi connectivity index (χ2v) is 4.76. The fourth-order valence-electron chi connectivity index (χ4n) is 2.13. The first-order valence-corrected chi connectivity index (χ1v) is 6.53. The van der Waals surface area contributed by atoms with Gasteiger partial charge in [0.05, 0.1) is 18.4 Å². The number of rotatable bonds is 3. The fourth-order valence-corrected chi connectivity index (χ4v) is 2.30. The molecule has 1 aliphatic heterocycles. The van der Waals surface area contributed by atoms with Gasteiger partial charge in [-0.25, -0.2) is 0 Å². The van der Waals surface area contributed by atoms with Crippen molar-refractivity contribution in [3.8, 4) is 11.3 Å². The summed E-state index contributed by atoms with van der Waals surface area (Å²) in [5.41, 5.74) is 2.99. The van der Waals surface area contributed by atoms with Crippen LogP contribution in [-0.2, 0) is 6.42 Å². The normalized spacial score (nSPS) is 14.1. The molecule has 0 saturated heterocycles. The fraction of sp³-hybridized carbons (Fsp3) is 0.214. The van der Waals surface area contributed by atoms with Crippen LogP contribution in [0, 0.1) is 0 Å². The van der Waals surface area contributed by atoms with Gasteiger partial charge >= 0.3 is 0 Å². The van der Waals surface area contributed by atoms with Gasteiger partial charge in [-0.3, -0.25) is 15.0 Å². The third kappa shape index (κ3) is 2.74. The molecule has 0 atom stereocenters. The van der Waals surface area contributed by atoms with E-state index in [1.54, 1.807) is 18.6 Å². The van der Waals surface area contributed by atoms with Crippen molar-refractivity contribution >= 4 is 17.4 Å². The van der Waals surface area contributed by atoms with Crippen LogP contribution in [0.5, 0.6) is 0 Å². The van der Waals surface area contributed by atoms with Gasteiger partial charge in [0, 0.05) is 35.9 Å². The zero-order valence-corrected chi connectivity index (χ0v) is 11.1. The van der Waals surface area contributed by atoms with Gasteiger partial charge in [-0.15, -0.1) is 0 Å². The molecule has 0 spiro atoms. The molecule has 96 valence electrons. The Kier molecular flexibility index (Phi) is 3.42. The number of hydrogen-bond donors (Lipinski definition) is 1. The molecule has 1 aliphatic rings. The molecular formula is C14H13ClN4. The number of nitrogens with one attached hydrogen (secondary N) is 1. The molecule has 5 heteroatoms. The van der Waals surface area contributed by atoms with E-state index in [0.717, 1.165) is 42.2 Å². The smallest absolute Gasteiger partial charge is 0.101 e. The van der Waals surface area contributed by atoms with Crippen molar-refractivity contribution in [2.24, 2.45) is 4.99 Å². The summed E-state index contributed by atoms with van der Waals surface area (Å²) >= 11 is 6.09. The van der Waals surface area contributed by atoms with Crippen molar-refractivity contribution in [3.05, 3.63) is 47.4 Å². The number of hydrogen-bond acceptors (Lipinski definition) is 4. The van der Waals surface area contributed by atoms with Gasteiger partial charge in [-0.2, -0.15) is 0 Å². The zero-order chi connectivity index (χ0) is 13.1. The Bertz CT molecular complexity index is 610. The predicted octanol–water partition coefficient (Wildman–Crippen LogP) is 2.34. The lowest BCUT2D eigenvalue weighted by Gasteiger charge is -2.10. The van der Waals surface area contributed by atoms with Crippen molar-refractivity contribution < 1.29 is 0 Å². The molecule has 0 unspecified atom stereocenters. The van der Waals surface area contributed by atoms with Crippen LogP contribution in [0.3, 0.4) is 0 Å². The van der Waals surface area contributed by atoms with E-state index in [1.807, 2.05) is 18.2 Å². The van der Waals surface area contributed by atoms with Gasteiger partial charge in [0.25, 0.3) is 0 Å². The minimum absolute atomic E-state index is 0.700. The Labute approximate surface area is 116 Å². The Morgan fingerprint density at radius 2 is 2.21 bits per heavy atom. The van der Waals surface area contributed by atoms with Crippen molar-refractivity contribution in [2.75, 3.05) is 13.1 Å². The van der Waals surface area contributed by atoms with Gasteiger partial charge in [-0.05, 0) is 17.7 Å². The largest absolute Gasteiger partial charge is 0.372 e. The van der Waals surface area contributed by atoms with E-state index in [9.17, 15) is 0 Å². The second kappa shape index (κ2) is 5.36. The molecule has 0 bridgehead atoms. The molecule has 0 aliphatic carbocycles. The Morgan fingerprint density at radius 1 is 1.26 bits per heavy atom. The number of amidine groups is 1. The molecule has 2 aromatic rings. The minimum atomic E-state index is 0.700. The molecule has 19 heavy (non-hydrogen) atoms. The van der Waals surface area contributed by atoms with Crippen LogP contribution in [-0.4, -0.2) is 28.9 Å². The van der Waals surface area contributed by atoms with Crippen molar-refractivity contribution in [2.45, 2.75) is 6.42 Å². The molecule has 1 aromatic heterocycles. The van der Waals surface area contributed by atoms with Gasteiger partial charge in [-0.1, -0.05) is 17.7 Å². The average molecular weight is 273 g/mol. The van der Waals surface area contributed by atoms with Gasteiger partial charge < -0.3 is 5.32 Å². The van der Waals surface area contributed by atoms with Crippen molar-refractivity contribution in [1.29, 1.82) is 0 Å². The van der Waals surface area contributed by atoms with E-state index in [1.165, 1.54) is 0 Å². The number of halogens is 1. The predicted molar refractivity (Wildman–Crippen MR) is 76.5 cm³/mol. The monoisotopic (exact) mass is 272 g/mol. The van der Waals surface area contributed by atoms with E-state index in [2.05, 4.69) is 20.3 Å². The summed E-state index contributed by atoms with van der Waals surface area (Å²) in [6, 6.07) is 5.84. The molecule has 4 nitrogen and oxygen atoms in total. The van der Waals surface area contributed by atoms with Crippen LogP contribution < -0.4 is 5.32 Å². The molecular weight excluding hydrogens is 260 g/mol. The molecule has 0 amide bonds. The maximum absolute atomic E-state index is 6.09. The average Bonchev–Trinajstić information content (AvgIpc) is 2.95.